The Bertz CT molecular complexity index is 274. The van der Waals surface area contributed by atoms with Crippen molar-refractivity contribution in [3.05, 3.63) is 23.3 Å². The van der Waals surface area contributed by atoms with Gasteiger partial charge in [-0.3, -0.25) is 0 Å². The smallest absolute Gasteiger partial charge is 0.385 e. The predicted octanol–water partition coefficient (Wildman–Crippen LogP) is 2.07. The standard InChI is InChI=1S/C10H12O2/c1-7-5-9-10(6-8(7)2)12-4-3-11-9/h5-6H,3-4H2,1-2H3/q+1. The normalized spacial score (nSPS) is 14.5. The molecule has 1 aliphatic heterocycles. The van der Waals surface area contributed by atoms with Crippen LogP contribution >= 0.6 is 0 Å². The van der Waals surface area contributed by atoms with Crippen LogP contribution < -0.4 is 9.47 Å². The molecular formula is C10H12O2+. The van der Waals surface area contributed by atoms with Crippen molar-refractivity contribution in [3.63, 3.8) is 0 Å². The topological polar surface area (TPSA) is 20.5 Å². The molecule has 0 N–H and O–H groups in total. The van der Waals surface area contributed by atoms with Crippen molar-refractivity contribution in [3.8, 4) is 11.5 Å². The molecular weight excluding hydrogens is 152 g/mol. The van der Waals surface area contributed by atoms with Crippen LogP contribution in [-0.4, -0.2) is 13.2 Å². The van der Waals surface area contributed by atoms with Gasteiger partial charge in [0.25, 0.3) is 6.61 Å². The zero-order valence-corrected chi connectivity index (χ0v) is 7.39. The van der Waals surface area contributed by atoms with E-state index in [9.17, 15) is 0 Å². The molecule has 0 saturated heterocycles. The van der Waals surface area contributed by atoms with E-state index in [0.717, 1.165) is 11.5 Å². The highest BCUT2D eigenvalue weighted by Gasteiger charge is 2.22. The fourth-order valence-electron chi connectivity index (χ4n) is 1.29. The molecule has 0 aliphatic carbocycles. The summed E-state index contributed by atoms with van der Waals surface area (Å²) in [6, 6.07) is 4.06. The number of aryl methyl sites for hydroxylation is 2. The van der Waals surface area contributed by atoms with E-state index in [4.69, 9.17) is 9.47 Å². The molecule has 1 aromatic rings. The van der Waals surface area contributed by atoms with Crippen LogP contribution in [0.25, 0.3) is 0 Å². The minimum atomic E-state index is 0.662. The second-order valence-corrected chi connectivity index (χ2v) is 3.08. The number of rotatable bonds is 0. The van der Waals surface area contributed by atoms with Gasteiger partial charge in [0.1, 0.15) is 0 Å². The van der Waals surface area contributed by atoms with E-state index >= 15 is 0 Å². The Labute approximate surface area is 72.1 Å². The van der Waals surface area contributed by atoms with Crippen molar-refractivity contribution in [2.45, 2.75) is 13.8 Å². The molecule has 0 atom stereocenters. The van der Waals surface area contributed by atoms with E-state index in [1.165, 1.54) is 11.1 Å². The molecule has 63 valence electrons. The number of benzene rings is 1. The molecule has 1 radical (unpaired) electrons. The molecule has 0 amide bonds. The van der Waals surface area contributed by atoms with E-state index in [0.29, 0.717) is 13.2 Å². The van der Waals surface area contributed by atoms with E-state index in [2.05, 4.69) is 13.8 Å². The number of fused-ring (bicyclic) bond motifs is 1. The Morgan fingerprint density at radius 3 is 2.83 bits per heavy atom. The average molecular weight is 164 g/mol. The van der Waals surface area contributed by atoms with Gasteiger partial charge in [-0.1, -0.05) is 0 Å². The molecule has 0 fully saturated rings. The van der Waals surface area contributed by atoms with Crippen molar-refractivity contribution < 1.29 is 9.47 Å². The van der Waals surface area contributed by atoms with Crippen LogP contribution in [0.1, 0.15) is 11.1 Å². The molecule has 0 saturated carbocycles. The second kappa shape index (κ2) is 2.70. The molecule has 12 heavy (non-hydrogen) atoms. The first kappa shape index (κ1) is 7.47. The van der Waals surface area contributed by atoms with Gasteiger partial charge in [-0.2, -0.15) is 0 Å². The van der Waals surface area contributed by atoms with Crippen LogP contribution in [0.2, 0.25) is 0 Å². The fourth-order valence-corrected chi connectivity index (χ4v) is 1.29. The maximum Gasteiger partial charge on any atom is 0.385 e. The van der Waals surface area contributed by atoms with E-state index in [1.54, 1.807) is 0 Å². The van der Waals surface area contributed by atoms with Crippen LogP contribution in [0, 0.1) is 13.8 Å². The molecule has 2 rings (SSSR count). The first-order valence-electron chi connectivity index (χ1n) is 4.14. The van der Waals surface area contributed by atoms with Gasteiger partial charge >= 0.3 is 5.75 Å². The van der Waals surface area contributed by atoms with Gasteiger partial charge in [-0.25, -0.2) is 4.74 Å². The Morgan fingerprint density at radius 2 is 2.00 bits per heavy atom. The summed E-state index contributed by atoms with van der Waals surface area (Å²) in [5, 5.41) is 0. The third kappa shape index (κ3) is 1.13. The predicted molar refractivity (Wildman–Crippen MR) is 46.9 cm³/mol. The van der Waals surface area contributed by atoms with Crippen molar-refractivity contribution in [2.75, 3.05) is 13.2 Å². The van der Waals surface area contributed by atoms with Crippen LogP contribution in [0.4, 0.5) is 0 Å². The average Bonchev–Trinajstić information content (AvgIpc) is 2.07. The van der Waals surface area contributed by atoms with Crippen LogP contribution in [0.15, 0.2) is 12.1 Å². The molecule has 2 heteroatoms. The molecule has 0 bridgehead atoms. The summed E-state index contributed by atoms with van der Waals surface area (Å²) < 4.78 is 10.9. The van der Waals surface area contributed by atoms with Gasteiger partial charge < -0.3 is 4.74 Å². The van der Waals surface area contributed by atoms with Gasteiger partial charge in [-0.05, 0) is 31.0 Å². The summed E-state index contributed by atoms with van der Waals surface area (Å²) in [6.07, 6.45) is 0. The summed E-state index contributed by atoms with van der Waals surface area (Å²) in [4.78, 5) is 0. The highest BCUT2D eigenvalue weighted by Crippen LogP contribution is 2.32. The van der Waals surface area contributed by atoms with Crippen molar-refractivity contribution in [1.82, 2.24) is 0 Å². The summed E-state index contributed by atoms with van der Waals surface area (Å²) in [7, 11) is 0. The lowest BCUT2D eigenvalue weighted by atomic mass is 10.1. The van der Waals surface area contributed by atoms with Crippen molar-refractivity contribution in [1.29, 1.82) is 0 Å². The quantitative estimate of drug-likeness (QED) is 0.547. The fraction of sp³-hybridized carbons (Fsp3) is 0.400. The Kier molecular flexibility index (Phi) is 1.68. The van der Waals surface area contributed by atoms with E-state index in [1.807, 2.05) is 12.1 Å². The Morgan fingerprint density at radius 1 is 1.25 bits per heavy atom. The van der Waals surface area contributed by atoms with Gasteiger partial charge in [0.05, 0.1) is 0 Å². The van der Waals surface area contributed by atoms with E-state index in [-0.39, 0.29) is 0 Å². The van der Waals surface area contributed by atoms with Crippen molar-refractivity contribution >= 4 is 0 Å². The third-order valence-corrected chi connectivity index (χ3v) is 2.16. The molecule has 0 spiro atoms. The lowest BCUT2D eigenvalue weighted by molar-refractivity contribution is 0.171. The minimum absolute atomic E-state index is 0.662. The zero-order chi connectivity index (χ0) is 8.55. The second-order valence-electron chi connectivity index (χ2n) is 3.08. The molecule has 1 aliphatic rings. The van der Waals surface area contributed by atoms with Gasteiger partial charge in [0, 0.05) is 6.07 Å². The van der Waals surface area contributed by atoms with Crippen molar-refractivity contribution in [2.24, 2.45) is 0 Å². The maximum atomic E-state index is 5.43. The Hall–Kier alpha value is -1.18. The summed E-state index contributed by atoms with van der Waals surface area (Å²) in [5.74, 6) is 1.76. The summed E-state index contributed by atoms with van der Waals surface area (Å²) in [5.41, 5.74) is 2.50. The molecule has 1 aromatic carbocycles. The van der Waals surface area contributed by atoms with Gasteiger partial charge in [0.2, 0.25) is 5.75 Å². The maximum absolute atomic E-state index is 5.43. The van der Waals surface area contributed by atoms with Gasteiger partial charge in [0.15, 0.2) is 6.61 Å². The van der Waals surface area contributed by atoms with Crippen LogP contribution in [0.5, 0.6) is 11.5 Å². The zero-order valence-electron chi connectivity index (χ0n) is 7.39. The first-order valence-corrected chi connectivity index (χ1v) is 4.14. The number of hydrogen-bond acceptors (Lipinski definition) is 2. The first-order chi connectivity index (χ1) is 5.77. The third-order valence-electron chi connectivity index (χ3n) is 2.16. The van der Waals surface area contributed by atoms with Gasteiger partial charge in [-0.15, -0.1) is 0 Å². The highest BCUT2D eigenvalue weighted by atomic mass is 16.6. The lowest BCUT2D eigenvalue weighted by Crippen LogP contribution is -2.15. The SMILES string of the molecule is Cc1cc2c(cc1C)[O+]CCO2. The van der Waals surface area contributed by atoms with E-state index < -0.39 is 0 Å². The minimum Gasteiger partial charge on any atom is -0.475 e. The van der Waals surface area contributed by atoms with Crippen LogP contribution in [0.3, 0.4) is 0 Å². The molecule has 2 nitrogen and oxygen atoms in total. The number of ether oxygens (including phenoxy) is 2. The number of hydrogen-bond donors (Lipinski definition) is 0. The monoisotopic (exact) mass is 164 g/mol. The molecule has 1 heterocycles. The van der Waals surface area contributed by atoms with Crippen LogP contribution in [-0.2, 0) is 0 Å². The lowest BCUT2D eigenvalue weighted by Gasteiger charge is -2.10. The highest BCUT2D eigenvalue weighted by molar-refractivity contribution is 5.47. The summed E-state index contributed by atoms with van der Waals surface area (Å²) in [6.45, 7) is 5.48. The summed E-state index contributed by atoms with van der Waals surface area (Å²) >= 11 is 0. The molecule has 0 unspecified atom stereocenters. The largest absolute Gasteiger partial charge is 0.475 e. The molecule has 0 aromatic heterocycles. The Balaban J connectivity index is 2.49.